The van der Waals surface area contributed by atoms with Gasteiger partial charge in [-0.2, -0.15) is 0 Å². The van der Waals surface area contributed by atoms with E-state index in [0.29, 0.717) is 38.0 Å². The fourth-order valence-electron chi connectivity index (χ4n) is 3.39. The number of hydrogen-bond acceptors (Lipinski definition) is 5. The zero-order valence-corrected chi connectivity index (χ0v) is 22.7. The van der Waals surface area contributed by atoms with E-state index in [0.717, 1.165) is 15.8 Å². The molecule has 10 heteroatoms. The van der Waals surface area contributed by atoms with E-state index in [1.165, 1.54) is 11.8 Å². The van der Waals surface area contributed by atoms with E-state index in [1.807, 2.05) is 47.9 Å². The molecule has 1 unspecified atom stereocenters. The molecule has 180 valence electrons. The second-order valence-corrected chi connectivity index (χ2v) is 10.3. The molecule has 1 heterocycles. The molecule has 1 aromatic heterocycles. The summed E-state index contributed by atoms with van der Waals surface area (Å²) in [4.78, 5) is 12.8. The van der Waals surface area contributed by atoms with Crippen molar-refractivity contribution in [3.05, 3.63) is 98.2 Å². The lowest BCUT2D eigenvalue weighted by Gasteiger charge is -2.17. The Morgan fingerprint density at radius 1 is 1.11 bits per heavy atom. The predicted molar refractivity (Wildman–Crippen MR) is 144 cm³/mol. The molecule has 4 aromatic rings. The van der Waals surface area contributed by atoms with Crippen molar-refractivity contribution in [3.63, 3.8) is 0 Å². The summed E-state index contributed by atoms with van der Waals surface area (Å²) in [7, 11) is 1.64. The van der Waals surface area contributed by atoms with Crippen LogP contribution in [-0.2, 0) is 5.75 Å². The van der Waals surface area contributed by atoms with Crippen LogP contribution in [0.4, 0.5) is 0 Å². The van der Waals surface area contributed by atoms with Crippen LogP contribution in [0.1, 0.15) is 34.7 Å². The third-order valence-electron chi connectivity index (χ3n) is 5.15. The maximum absolute atomic E-state index is 12.8. The summed E-state index contributed by atoms with van der Waals surface area (Å²) in [6.07, 6.45) is 0. The van der Waals surface area contributed by atoms with Gasteiger partial charge in [0.15, 0.2) is 11.0 Å². The third kappa shape index (κ3) is 6.19. The van der Waals surface area contributed by atoms with E-state index in [9.17, 15) is 4.79 Å². The quantitative estimate of drug-likeness (QED) is 0.221. The number of methoxy groups -OCH3 is 1. The fraction of sp³-hybridized carbons (Fsp3) is 0.160. The Kier molecular flexibility index (Phi) is 8.38. The van der Waals surface area contributed by atoms with E-state index in [1.54, 1.807) is 37.4 Å². The number of benzene rings is 3. The molecule has 0 saturated heterocycles. The van der Waals surface area contributed by atoms with Crippen LogP contribution < -0.4 is 10.1 Å². The highest BCUT2D eigenvalue weighted by atomic mass is 79.9. The number of thioether (sulfide) groups is 1. The molecule has 4 rings (SSSR count). The Morgan fingerprint density at radius 3 is 2.63 bits per heavy atom. The minimum Gasteiger partial charge on any atom is -0.497 e. The molecule has 0 spiro atoms. The summed E-state index contributed by atoms with van der Waals surface area (Å²) in [6, 6.07) is 19.7. The molecule has 1 amide bonds. The van der Waals surface area contributed by atoms with Gasteiger partial charge in [-0.05, 0) is 67.1 Å². The molecular formula is C25H21BrCl2N4O2S. The number of amides is 1. The summed E-state index contributed by atoms with van der Waals surface area (Å²) in [5, 5.41) is 13.5. The van der Waals surface area contributed by atoms with Crippen LogP contribution in [0.5, 0.6) is 5.75 Å². The second-order valence-electron chi connectivity index (χ2n) is 7.61. The molecule has 3 aromatic carbocycles. The van der Waals surface area contributed by atoms with Crippen LogP contribution in [-0.4, -0.2) is 27.8 Å². The predicted octanol–water partition coefficient (Wildman–Crippen LogP) is 7.13. The van der Waals surface area contributed by atoms with Gasteiger partial charge in [0.1, 0.15) is 5.75 Å². The van der Waals surface area contributed by atoms with Gasteiger partial charge in [-0.15, -0.1) is 10.2 Å². The van der Waals surface area contributed by atoms with Crippen LogP contribution in [0.25, 0.3) is 5.69 Å². The first-order chi connectivity index (χ1) is 16.9. The van der Waals surface area contributed by atoms with Crippen molar-refractivity contribution < 1.29 is 9.53 Å². The Labute approximate surface area is 226 Å². The van der Waals surface area contributed by atoms with Gasteiger partial charge in [0.25, 0.3) is 5.91 Å². The number of ether oxygens (including phenoxy) is 1. The molecule has 1 N–H and O–H groups in total. The first-order valence-corrected chi connectivity index (χ1v) is 13.1. The minimum absolute atomic E-state index is 0.220. The summed E-state index contributed by atoms with van der Waals surface area (Å²) in [5.74, 6) is 1.73. The van der Waals surface area contributed by atoms with Gasteiger partial charge in [0.2, 0.25) is 0 Å². The number of rotatable bonds is 8. The molecule has 0 aliphatic heterocycles. The van der Waals surface area contributed by atoms with Gasteiger partial charge >= 0.3 is 0 Å². The summed E-state index contributed by atoms with van der Waals surface area (Å²) in [6.45, 7) is 1.85. The van der Waals surface area contributed by atoms with Crippen molar-refractivity contribution >= 4 is 56.8 Å². The van der Waals surface area contributed by atoms with Crippen LogP contribution >= 0.6 is 50.9 Å². The summed E-state index contributed by atoms with van der Waals surface area (Å²) in [5.41, 5.74) is 2.25. The third-order valence-corrected chi connectivity index (χ3v) is 7.23. The second kappa shape index (κ2) is 11.5. The van der Waals surface area contributed by atoms with Gasteiger partial charge in [0.05, 0.1) is 23.9 Å². The van der Waals surface area contributed by atoms with E-state index < -0.39 is 6.04 Å². The largest absolute Gasteiger partial charge is 0.497 e. The number of nitrogens with one attached hydrogen (secondary N) is 1. The Morgan fingerprint density at radius 2 is 1.89 bits per heavy atom. The van der Waals surface area contributed by atoms with Crippen molar-refractivity contribution in [2.75, 3.05) is 7.11 Å². The lowest BCUT2D eigenvalue weighted by Crippen LogP contribution is -2.28. The average Bonchev–Trinajstić information content (AvgIpc) is 3.28. The number of aromatic nitrogens is 3. The van der Waals surface area contributed by atoms with E-state index in [4.69, 9.17) is 27.9 Å². The van der Waals surface area contributed by atoms with Crippen molar-refractivity contribution in [1.29, 1.82) is 0 Å². The van der Waals surface area contributed by atoms with E-state index in [-0.39, 0.29) is 5.91 Å². The van der Waals surface area contributed by atoms with Crippen LogP contribution in [0.3, 0.4) is 0 Å². The molecule has 0 radical (unpaired) electrons. The SMILES string of the molecule is COc1cccc(CSc2nnc(C(C)NC(=O)c3ccc(Br)cc3)n2-c2cc(Cl)ccc2Cl)c1. The highest BCUT2D eigenvalue weighted by Gasteiger charge is 2.23. The molecule has 35 heavy (non-hydrogen) atoms. The Hall–Kier alpha value is -2.52. The van der Waals surface area contributed by atoms with Crippen LogP contribution in [0, 0.1) is 0 Å². The van der Waals surface area contributed by atoms with Crippen molar-refractivity contribution in [1.82, 2.24) is 20.1 Å². The van der Waals surface area contributed by atoms with Crippen molar-refractivity contribution in [2.24, 2.45) is 0 Å². The monoisotopic (exact) mass is 590 g/mol. The maximum Gasteiger partial charge on any atom is 0.251 e. The van der Waals surface area contributed by atoms with Crippen LogP contribution in [0.15, 0.2) is 76.4 Å². The minimum atomic E-state index is -0.458. The lowest BCUT2D eigenvalue weighted by atomic mass is 10.2. The van der Waals surface area contributed by atoms with Crippen molar-refractivity contribution in [2.45, 2.75) is 23.9 Å². The molecule has 0 bridgehead atoms. The Bertz CT molecular complexity index is 1350. The molecule has 0 aliphatic carbocycles. The van der Waals surface area contributed by atoms with Gasteiger partial charge in [-0.3, -0.25) is 9.36 Å². The Balaban J connectivity index is 1.66. The number of halogens is 3. The average molecular weight is 592 g/mol. The highest BCUT2D eigenvalue weighted by molar-refractivity contribution is 9.10. The number of nitrogens with zero attached hydrogens (tertiary/aromatic N) is 3. The van der Waals surface area contributed by atoms with Gasteiger partial charge in [-0.25, -0.2) is 0 Å². The van der Waals surface area contributed by atoms with Gasteiger partial charge in [0, 0.05) is 20.8 Å². The molecule has 1 atom stereocenters. The fourth-order valence-corrected chi connectivity index (χ4v) is 4.92. The first-order valence-electron chi connectivity index (χ1n) is 10.6. The lowest BCUT2D eigenvalue weighted by molar-refractivity contribution is 0.0938. The number of carbonyl (C=O) groups excluding carboxylic acids is 1. The van der Waals surface area contributed by atoms with E-state index in [2.05, 4.69) is 31.4 Å². The highest BCUT2D eigenvalue weighted by Crippen LogP contribution is 2.33. The maximum atomic E-state index is 12.8. The van der Waals surface area contributed by atoms with E-state index >= 15 is 0 Å². The molecule has 6 nitrogen and oxygen atoms in total. The molecule has 0 aliphatic rings. The summed E-state index contributed by atoms with van der Waals surface area (Å²) < 4.78 is 8.06. The van der Waals surface area contributed by atoms with Gasteiger partial charge in [-0.1, -0.05) is 63.0 Å². The smallest absolute Gasteiger partial charge is 0.251 e. The molecule has 0 saturated carbocycles. The topological polar surface area (TPSA) is 69.0 Å². The first kappa shape index (κ1) is 25.6. The van der Waals surface area contributed by atoms with Gasteiger partial charge < -0.3 is 10.1 Å². The molecule has 0 fully saturated rings. The van der Waals surface area contributed by atoms with Crippen molar-refractivity contribution in [3.8, 4) is 11.4 Å². The zero-order valence-electron chi connectivity index (χ0n) is 18.8. The number of carbonyl (C=O) groups is 1. The summed E-state index contributed by atoms with van der Waals surface area (Å²) >= 11 is 17.7. The standard InChI is InChI=1S/C25H21BrCl2N4O2S/c1-15(29-24(33)17-6-8-18(26)9-7-17)23-30-31-25(32(23)22-13-19(27)10-11-21(22)28)35-14-16-4-3-5-20(12-16)34-2/h3-13,15H,14H2,1-2H3,(H,29,33). The normalized spacial score (nSPS) is 11.8. The number of hydrogen-bond donors (Lipinski definition) is 1. The zero-order chi connectivity index (χ0) is 24.9. The molecular weight excluding hydrogens is 571 g/mol. The van der Waals surface area contributed by atoms with Crippen LogP contribution in [0.2, 0.25) is 10.0 Å².